The average Bonchev–Trinajstić information content (AvgIpc) is 2.34. The molecule has 0 aromatic carbocycles. The number of halogens is 6. The lowest BCUT2D eigenvalue weighted by molar-refractivity contribution is -0.304. The number of carbonyl (C=O) groups excluding carboxylic acids is 1. The van der Waals surface area contributed by atoms with Crippen molar-refractivity contribution in [2.75, 3.05) is 5.32 Å². The smallest absolute Gasteiger partial charge is 0.316 e. The van der Waals surface area contributed by atoms with E-state index in [0.29, 0.717) is 6.92 Å². The highest BCUT2D eigenvalue weighted by Crippen LogP contribution is 2.45. The van der Waals surface area contributed by atoms with Crippen molar-refractivity contribution in [1.29, 1.82) is 0 Å². The molecule has 1 aromatic rings. The van der Waals surface area contributed by atoms with E-state index in [0.717, 1.165) is 17.7 Å². The predicted octanol–water partition coefficient (Wildman–Crippen LogP) is 2.87. The van der Waals surface area contributed by atoms with Gasteiger partial charge in [0.05, 0.1) is 0 Å². The molecule has 0 saturated carbocycles. The van der Waals surface area contributed by atoms with Crippen molar-refractivity contribution in [2.45, 2.75) is 31.2 Å². The zero-order valence-corrected chi connectivity index (χ0v) is 10.5. The fraction of sp³-hybridized carbons (Fsp3) is 0.500. The van der Waals surface area contributed by atoms with Crippen molar-refractivity contribution in [3.63, 3.8) is 0 Å². The van der Waals surface area contributed by atoms with Gasteiger partial charge in [-0.05, 0) is 12.5 Å². The van der Waals surface area contributed by atoms with E-state index in [9.17, 15) is 31.1 Å². The summed E-state index contributed by atoms with van der Waals surface area (Å²) in [5.41, 5.74) is -4.35. The quantitative estimate of drug-likeness (QED) is 0.843. The zero-order valence-electron chi connectivity index (χ0n) is 10.5. The lowest BCUT2D eigenvalue weighted by atomic mass is 9.94. The molecule has 2 amide bonds. The number of hydrogen-bond donors (Lipinski definition) is 2. The Kier molecular flexibility index (Phi) is 4.64. The van der Waals surface area contributed by atoms with E-state index < -0.39 is 36.3 Å². The zero-order chi connectivity index (χ0) is 16.3. The number of anilines is 1. The average molecular weight is 316 g/mol. The third kappa shape index (κ3) is 3.52. The van der Waals surface area contributed by atoms with E-state index >= 15 is 0 Å². The minimum atomic E-state index is -5.71. The summed E-state index contributed by atoms with van der Waals surface area (Å²) in [6.45, 7) is 0.667. The number of alkyl halides is 6. The molecule has 21 heavy (non-hydrogen) atoms. The van der Waals surface area contributed by atoms with E-state index in [-0.39, 0.29) is 0 Å². The Morgan fingerprint density at radius 3 is 1.95 bits per heavy atom. The second-order valence-corrected chi connectivity index (χ2v) is 3.91. The summed E-state index contributed by atoms with van der Waals surface area (Å²) in [6, 6.07) is -0.358. The van der Waals surface area contributed by atoms with Crippen LogP contribution >= 0.6 is 0 Å². The summed E-state index contributed by atoms with van der Waals surface area (Å²) >= 11 is 0. The largest absolute Gasteiger partial charge is 0.420 e. The molecule has 118 valence electrons. The third-order valence-corrected chi connectivity index (χ3v) is 2.62. The Labute approximate surface area is 114 Å². The highest BCUT2D eigenvalue weighted by atomic mass is 19.4. The van der Waals surface area contributed by atoms with Gasteiger partial charge in [-0.2, -0.15) is 26.3 Å². The highest BCUT2D eigenvalue weighted by molar-refractivity contribution is 5.88. The molecule has 0 saturated heterocycles. The lowest BCUT2D eigenvalue weighted by Gasteiger charge is -2.36. The summed E-state index contributed by atoms with van der Waals surface area (Å²) in [6.07, 6.45) is -10.5. The van der Waals surface area contributed by atoms with Gasteiger partial charge in [0.1, 0.15) is 0 Å². The SMILES string of the molecule is CCC(NC(=O)Nc1ncccn1)(C(F)(F)F)C(F)(F)F. The molecule has 0 unspecified atom stereocenters. The van der Waals surface area contributed by atoms with Gasteiger partial charge in [0.2, 0.25) is 11.5 Å². The first-order chi connectivity index (χ1) is 9.53. The van der Waals surface area contributed by atoms with E-state index in [4.69, 9.17) is 0 Å². The van der Waals surface area contributed by atoms with Crippen molar-refractivity contribution in [1.82, 2.24) is 15.3 Å². The molecule has 5 nitrogen and oxygen atoms in total. The predicted molar refractivity (Wildman–Crippen MR) is 59.3 cm³/mol. The van der Waals surface area contributed by atoms with Gasteiger partial charge in [-0.15, -0.1) is 0 Å². The molecule has 0 bridgehead atoms. The fourth-order valence-corrected chi connectivity index (χ4v) is 1.48. The summed E-state index contributed by atoms with van der Waals surface area (Å²) in [5, 5.41) is 2.63. The summed E-state index contributed by atoms with van der Waals surface area (Å²) in [5.74, 6) is -0.427. The molecular formula is C10H10F6N4O. The second-order valence-electron chi connectivity index (χ2n) is 3.91. The van der Waals surface area contributed by atoms with Crippen molar-refractivity contribution >= 4 is 12.0 Å². The van der Waals surface area contributed by atoms with Crippen LogP contribution in [0.3, 0.4) is 0 Å². The molecule has 0 aliphatic carbocycles. The lowest BCUT2D eigenvalue weighted by Crippen LogP contribution is -2.67. The molecule has 11 heteroatoms. The first kappa shape index (κ1) is 17.0. The van der Waals surface area contributed by atoms with Gasteiger partial charge in [0.15, 0.2) is 0 Å². The van der Waals surface area contributed by atoms with Gasteiger partial charge in [0.25, 0.3) is 0 Å². The molecule has 0 radical (unpaired) electrons. The molecule has 1 rings (SSSR count). The standard InChI is InChI=1S/C10H10F6N4O/c1-2-8(9(11,12)13,10(14,15)16)20-7(21)19-6-17-4-3-5-18-6/h3-5H,2H2,1H3,(H2,17,18,19,20,21). The molecule has 1 heterocycles. The summed E-state index contributed by atoms with van der Waals surface area (Å²) in [7, 11) is 0. The highest BCUT2D eigenvalue weighted by Gasteiger charge is 2.70. The van der Waals surface area contributed by atoms with E-state index in [1.807, 2.05) is 0 Å². The Hall–Kier alpha value is -2.07. The Morgan fingerprint density at radius 2 is 1.57 bits per heavy atom. The number of nitrogens with one attached hydrogen (secondary N) is 2. The molecular weight excluding hydrogens is 306 g/mol. The molecule has 2 N–H and O–H groups in total. The number of hydrogen-bond acceptors (Lipinski definition) is 3. The minimum absolute atomic E-state index is 0.427. The number of amides is 2. The van der Waals surface area contributed by atoms with E-state index in [1.165, 1.54) is 6.07 Å². The summed E-state index contributed by atoms with van der Waals surface area (Å²) < 4.78 is 76.7. The topological polar surface area (TPSA) is 66.9 Å². The monoisotopic (exact) mass is 316 g/mol. The number of carbonyl (C=O) groups is 1. The van der Waals surface area contributed by atoms with Gasteiger partial charge in [-0.1, -0.05) is 6.92 Å². The van der Waals surface area contributed by atoms with Crippen LogP contribution in [0.25, 0.3) is 0 Å². The van der Waals surface area contributed by atoms with E-state index in [1.54, 1.807) is 5.32 Å². The molecule has 0 atom stereocenters. The van der Waals surface area contributed by atoms with Crippen LogP contribution in [0.2, 0.25) is 0 Å². The molecule has 0 aliphatic rings. The number of nitrogens with zero attached hydrogens (tertiary/aromatic N) is 2. The Morgan fingerprint density at radius 1 is 1.10 bits per heavy atom. The first-order valence-corrected chi connectivity index (χ1v) is 5.53. The Bertz CT molecular complexity index is 473. The maximum absolute atomic E-state index is 12.8. The van der Waals surface area contributed by atoms with Gasteiger partial charge >= 0.3 is 18.4 Å². The normalized spacial score (nSPS) is 12.9. The molecule has 0 fully saturated rings. The third-order valence-electron chi connectivity index (χ3n) is 2.62. The van der Waals surface area contributed by atoms with Crippen molar-refractivity contribution < 1.29 is 31.1 Å². The minimum Gasteiger partial charge on any atom is -0.316 e. The van der Waals surface area contributed by atoms with Crippen LogP contribution in [0.5, 0.6) is 0 Å². The van der Waals surface area contributed by atoms with E-state index in [2.05, 4.69) is 9.97 Å². The van der Waals surface area contributed by atoms with Gasteiger partial charge < -0.3 is 5.32 Å². The fourth-order valence-electron chi connectivity index (χ4n) is 1.48. The summed E-state index contributed by atoms with van der Waals surface area (Å²) in [4.78, 5) is 18.3. The number of urea groups is 1. The van der Waals surface area contributed by atoms with Crippen LogP contribution in [0.15, 0.2) is 18.5 Å². The number of rotatable bonds is 3. The van der Waals surface area contributed by atoms with Gasteiger partial charge in [-0.25, -0.2) is 14.8 Å². The van der Waals surface area contributed by atoms with Crippen LogP contribution in [0, 0.1) is 0 Å². The van der Waals surface area contributed by atoms with Crippen molar-refractivity contribution in [3.05, 3.63) is 18.5 Å². The molecule has 1 aromatic heterocycles. The molecule has 0 spiro atoms. The second kappa shape index (κ2) is 5.74. The number of aromatic nitrogens is 2. The Balaban J connectivity index is 3.00. The maximum atomic E-state index is 12.8. The maximum Gasteiger partial charge on any atom is 0.420 e. The van der Waals surface area contributed by atoms with Crippen molar-refractivity contribution in [2.24, 2.45) is 0 Å². The van der Waals surface area contributed by atoms with Gasteiger partial charge in [-0.3, -0.25) is 5.32 Å². The van der Waals surface area contributed by atoms with Crippen LogP contribution in [0.1, 0.15) is 13.3 Å². The van der Waals surface area contributed by atoms with Crippen LogP contribution < -0.4 is 10.6 Å². The first-order valence-electron chi connectivity index (χ1n) is 5.53. The van der Waals surface area contributed by atoms with Crippen molar-refractivity contribution in [3.8, 4) is 0 Å². The van der Waals surface area contributed by atoms with Crippen LogP contribution in [-0.2, 0) is 0 Å². The van der Waals surface area contributed by atoms with Crippen LogP contribution in [0.4, 0.5) is 37.1 Å². The molecule has 0 aliphatic heterocycles. The van der Waals surface area contributed by atoms with Crippen LogP contribution in [-0.4, -0.2) is 33.9 Å². The van der Waals surface area contributed by atoms with Gasteiger partial charge in [0, 0.05) is 12.4 Å².